The molecule has 2 aromatic rings. The molecule has 1 aromatic carbocycles. The number of aliphatic hydroxyl groups is 1. The zero-order valence-corrected chi connectivity index (χ0v) is 15.2. The number of aromatic nitrogens is 1. The van der Waals surface area contributed by atoms with Crippen molar-refractivity contribution >= 4 is 17.6 Å². The largest absolute Gasteiger partial charge is 0.496 e. The van der Waals surface area contributed by atoms with Gasteiger partial charge >= 0.3 is 5.97 Å². The first kappa shape index (κ1) is 18.6. The lowest BCUT2D eigenvalue weighted by Gasteiger charge is -2.41. The summed E-state index contributed by atoms with van der Waals surface area (Å²) in [5.41, 5.74) is 0.191. The smallest absolute Gasteiger partial charge is 0.325 e. The Hall–Kier alpha value is -2.15. The average molecular weight is 377 g/mol. The molecule has 0 amide bonds. The lowest BCUT2D eigenvalue weighted by atomic mass is 9.84. The molecule has 0 unspecified atom stereocenters. The summed E-state index contributed by atoms with van der Waals surface area (Å²) in [5.74, 6) is -0.554. The van der Waals surface area contributed by atoms with Crippen molar-refractivity contribution in [3.8, 4) is 5.75 Å². The van der Waals surface area contributed by atoms with Crippen LogP contribution in [0.3, 0.4) is 0 Å². The van der Waals surface area contributed by atoms with Crippen molar-refractivity contribution in [2.75, 3.05) is 20.2 Å². The maximum atomic E-state index is 12.0. The second-order valence-electron chi connectivity index (χ2n) is 6.41. The lowest BCUT2D eigenvalue weighted by Crippen LogP contribution is -2.46. The third-order valence-corrected chi connectivity index (χ3v) is 5.26. The number of hydrogen-bond donors (Lipinski definition) is 2. The van der Waals surface area contributed by atoms with Crippen molar-refractivity contribution in [3.05, 3.63) is 58.9 Å². The number of nitrogens with zero attached hydrogens (tertiary/aromatic N) is 2. The SMILES string of the molecule is COc1cccc(Cl)c1[C@H](C(=O)O)N1CCC(O)(c2cccnc2)CC1. The highest BCUT2D eigenvalue weighted by molar-refractivity contribution is 6.31. The molecule has 2 heterocycles. The van der Waals surface area contributed by atoms with Gasteiger partial charge in [0.2, 0.25) is 0 Å². The van der Waals surface area contributed by atoms with Gasteiger partial charge in [0.25, 0.3) is 0 Å². The normalized spacial score (nSPS) is 18.3. The molecule has 26 heavy (non-hydrogen) atoms. The number of methoxy groups -OCH3 is 1. The second-order valence-corrected chi connectivity index (χ2v) is 6.81. The maximum absolute atomic E-state index is 12.0. The van der Waals surface area contributed by atoms with Crippen LogP contribution in [0.5, 0.6) is 5.75 Å². The minimum atomic E-state index is -1.00. The van der Waals surface area contributed by atoms with Crippen LogP contribution < -0.4 is 4.74 Å². The summed E-state index contributed by atoms with van der Waals surface area (Å²) in [6.45, 7) is 0.827. The van der Waals surface area contributed by atoms with Crippen LogP contribution in [0.15, 0.2) is 42.7 Å². The van der Waals surface area contributed by atoms with Gasteiger partial charge in [-0.3, -0.25) is 14.7 Å². The maximum Gasteiger partial charge on any atom is 0.325 e. The molecule has 1 aliphatic rings. The molecular formula is C19H21ClN2O4. The molecule has 1 atom stereocenters. The Morgan fingerprint density at radius 3 is 2.62 bits per heavy atom. The van der Waals surface area contributed by atoms with Crippen molar-refractivity contribution in [2.24, 2.45) is 0 Å². The Kier molecular flexibility index (Phi) is 5.46. The summed E-state index contributed by atoms with van der Waals surface area (Å²) in [7, 11) is 1.49. The van der Waals surface area contributed by atoms with E-state index < -0.39 is 17.6 Å². The van der Waals surface area contributed by atoms with Crippen molar-refractivity contribution < 1.29 is 19.7 Å². The fourth-order valence-corrected chi connectivity index (χ4v) is 3.77. The molecule has 138 valence electrons. The molecule has 3 rings (SSSR count). The van der Waals surface area contributed by atoms with Crippen LogP contribution in [0.1, 0.15) is 30.0 Å². The van der Waals surface area contributed by atoms with Gasteiger partial charge in [-0.15, -0.1) is 0 Å². The molecule has 0 radical (unpaired) electrons. The van der Waals surface area contributed by atoms with Gasteiger partial charge in [-0.2, -0.15) is 0 Å². The van der Waals surface area contributed by atoms with Crippen molar-refractivity contribution in [3.63, 3.8) is 0 Å². The first-order valence-electron chi connectivity index (χ1n) is 8.38. The molecule has 1 saturated heterocycles. The van der Waals surface area contributed by atoms with E-state index in [1.165, 1.54) is 7.11 Å². The van der Waals surface area contributed by atoms with Gasteiger partial charge in [-0.05, 0) is 31.0 Å². The number of carboxylic acid groups (broad SMARTS) is 1. The monoisotopic (exact) mass is 376 g/mol. The molecule has 0 saturated carbocycles. The lowest BCUT2D eigenvalue weighted by molar-refractivity contribution is -0.146. The molecule has 0 aliphatic carbocycles. The summed E-state index contributed by atoms with van der Waals surface area (Å²) in [6.07, 6.45) is 4.14. The third-order valence-electron chi connectivity index (χ3n) is 4.93. The number of carboxylic acids is 1. The fraction of sp³-hybridized carbons (Fsp3) is 0.368. The Labute approximate surface area is 157 Å². The molecule has 6 nitrogen and oxygen atoms in total. The number of carbonyl (C=O) groups is 1. The Balaban J connectivity index is 1.86. The van der Waals surface area contributed by atoms with E-state index in [4.69, 9.17) is 16.3 Å². The Bertz CT molecular complexity index is 776. The molecule has 7 heteroatoms. The first-order valence-corrected chi connectivity index (χ1v) is 8.76. The van der Waals surface area contributed by atoms with E-state index in [0.29, 0.717) is 42.3 Å². The Morgan fingerprint density at radius 1 is 1.31 bits per heavy atom. The van der Waals surface area contributed by atoms with Crippen LogP contribution in [0.25, 0.3) is 0 Å². The number of aliphatic carboxylic acids is 1. The number of hydrogen-bond acceptors (Lipinski definition) is 5. The first-order chi connectivity index (χ1) is 12.5. The molecular weight excluding hydrogens is 356 g/mol. The van der Waals surface area contributed by atoms with Crippen LogP contribution in [-0.2, 0) is 10.4 Å². The number of piperidine rings is 1. The van der Waals surface area contributed by atoms with E-state index in [9.17, 15) is 15.0 Å². The fourth-order valence-electron chi connectivity index (χ4n) is 3.50. The van der Waals surface area contributed by atoms with Crippen LogP contribution in [0, 0.1) is 0 Å². The molecule has 0 spiro atoms. The van der Waals surface area contributed by atoms with Crippen molar-refractivity contribution in [2.45, 2.75) is 24.5 Å². The number of rotatable bonds is 5. The predicted molar refractivity (Wildman–Crippen MR) is 97.3 cm³/mol. The topological polar surface area (TPSA) is 82.9 Å². The number of ether oxygens (including phenoxy) is 1. The highest BCUT2D eigenvalue weighted by Crippen LogP contribution is 2.40. The standard InChI is InChI=1S/C19H21ClN2O4/c1-26-15-6-2-5-14(20)16(15)17(18(23)24)22-10-7-19(25,8-11-22)13-4-3-9-21-12-13/h2-6,9,12,17,25H,7-8,10-11H2,1H3,(H,23,24)/t17-/m1/s1. The summed E-state index contributed by atoms with van der Waals surface area (Å²) >= 11 is 6.29. The molecule has 1 fully saturated rings. The average Bonchev–Trinajstić information content (AvgIpc) is 2.65. The quantitative estimate of drug-likeness (QED) is 0.835. The molecule has 2 N–H and O–H groups in total. The van der Waals surface area contributed by atoms with Gasteiger partial charge in [0.15, 0.2) is 0 Å². The van der Waals surface area contributed by atoms with Crippen LogP contribution in [0.2, 0.25) is 5.02 Å². The van der Waals surface area contributed by atoms with Gasteiger partial charge in [0.05, 0.1) is 12.7 Å². The van der Waals surface area contributed by atoms with Gasteiger partial charge in [0.1, 0.15) is 11.8 Å². The zero-order chi connectivity index (χ0) is 18.7. The number of halogens is 1. The predicted octanol–water partition coefficient (Wildman–Crippen LogP) is 2.85. The summed E-state index contributed by atoms with van der Waals surface area (Å²) in [4.78, 5) is 17.9. The summed E-state index contributed by atoms with van der Waals surface area (Å²) in [5, 5.41) is 21.1. The zero-order valence-electron chi connectivity index (χ0n) is 14.4. The molecule has 0 bridgehead atoms. The minimum absolute atomic E-state index is 0.352. The highest BCUT2D eigenvalue weighted by atomic mass is 35.5. The van der Waals surface area contributed by atoms with E-state index in [0.717, 1.165) is 5.56 Å². The summed E-state index contributed by atoms with van der Waals surface area (Å²) in [6, 6.07) is 7.78. The number of pyridine rings is 1. The third kappa shape index (κ3) is 3.53. The molecule has 1 aromatic heterocycles. The number of benzene rings is 1. The van der Waals surface area contributed by atoms with Gasteiger partial charge in [-0.1, -0.05) is 23.7 Å². The van der Waals surface area contributed by atoms with E-state index in [2.05, 4.69) is 4.98 Å². The van der Waals surface area contributed by atoms with E-state index in [1.54, 1.807) is 36.7 Å². The van der Waals surface area contributed by atoms with Crippen LogP contribution >= 0.6 is 11.6 Å². The van der Waals surface area contributed by atoms with Gasteiger partial charge in [-0.25, -0.2) is 0 Å². The van der Waals surface area contributed by atoms with E-state index in [-0.39, 0.29) is 0 Å². The van der Waals surface area contributed by atoms with E-state index >= 15 is 0 Å². The molecule has 1 aliphatic heterocycles. The summed E-state index contributed by atoms with van der Waals surface area (Å²) < 4.78 is 5.33. The Morgan fingerprint density at radius 2 is 2.04 bits per heavy atom. The van der Waals surface area contributed by atoms with E-state index in [1.807, 2.05) is 11.0 Å². The highest BCUT2D eigenvalue weighted by Gasteiger charge is 2.40. The van der Waals surface area contributed by atoms with Crippen molar-refractivity contribution in [1.29, 1.82) is 0 Å². The van der Waals surface area contributed by atoms with Crippen LogP contribution in [-0.4, -0.2) is 46.3 Å². The number of likely N-dealkylation sites (tertiary alicyclic amines) is 1. The van der Waals surface area contributed by atoms with Gasteiger partial charge < -0.3 is 14.9 Å². The van der Waals surface area contributed by atoms with Crippen molar-refractivity contribution in [1.82, 2.24) is 9.88 Å². The second kappa shape index (κ2) is 7.61. The minimum Gasteiger partial charge on any atom is -0.496 e. The van der Waals surface area contributed by atoms with Crippen LogP contribution in [0.4, 0.5) is 0 Å². The van der Waals surface area contributed by atoms with Gasteiger partial charge in [0, 0.05) is 41.6 Å².